The minimum atomic E-state index is -1.16. The van der Waals surface area contributed by atoms with Gasteiger partial charge in [-0.2, -0.15) is 5.10 Å². The maximum absolute atomic E-state index is 13.1. The maximum Gasteiger partial charge on any atom is 0.254 e. The fourth-order valence-electron chi connectivity index (χ4n) is 3.74. The lowest BCUT2D eigenvalue weighted by Crippen LogP contribution is -2.51. The first-order valence-corrected chi connectivity index (χ1v) is 10.3. The van der Waals surface area contributed by atoms with Crippen LogP contribution >= 0.6 is 22.9 Å². The first-order chi connectivity index (χ1) is 13.5. The quantitative estimate of drug-likeness (QED) is 0.677. The van der Waals surface area contributed by atoms with Crippen LogP contribution in [0.25, 0.3) is 10.4 Å². The first kappa shape index (κ1) is 19.0. The van der Waals surface area contributed by atoms with Gasteiger partial charge in [0.15, 0.2) is 0 Å². The summed E-state index contributed by atoms with van der Waals surface area (Å²) in [7, 11) is 0. The molecular weight excluding hydrogens is 398 g/mol. The fourth-order valence-corrected chi connectivity index (χ4v) is 4.89. The second-order valence-electron chi connectivity index (χ2n) is 6.95. The molecule has 2 atom stereocenters. The number of thiophene rings is 1. The summed E-state index contributed by atoms with van der Waals surface area (Å²) in [6.07, 6.45) is 7.93. The Hall–Kier alpha value is -2.29. The van der Waals surface area contributed by atoms with Crippen LogP contribution in [0.15, 0.2) is 36.4 Å². The van der Waals surface area contributed by atoms with E-state index < -0.39 is 5.60 Å². The van der Waals surface area contributed by atoms with Gasteiger partial charge in [0.1, 0.15) is 11.9 Å². The Morgan fingerprint density at radius 2 is 2.36 bits per heavy atom. The number of halogens is 1. The summed E-state index contributed by atoms with van der Waals surface area (Å²) in [6, 6.07) is 1.79. The Kier molecular flexibility index (Phi) is 5.18. The van der Waals surface area contributed by atoms with Crippen LogP contribution in [0.3, 0.4) is 0 Å². The number of aromatic amines is 1. The Labute approximate surface area is 171 Å². The van der Waals surface area contributed by atoms with Crippen molar-refractivity contribution in [3.8, 4) is 10.4 Å². The predicted octanol–water partition coefficient (Wildman–Crippen LogP) is 3.48. The SMILES string of the molecule is CCC1CC(O)(c2ncncc2Cl)CCN1C(=O)c1csc(-c2cn[nH]c2)c1. The van der Waals surface area contributed by atoms with E-state index in [1.165, 1.54) is 23.9 Å². The standard InChI is InChI=1S/C19H20ClN5O2S/c1-2-14-6-19(27,17-15(20)9-21-11-22-17)3-4-25(14)18(26)12-5-16(28-10-12)13-7-23-24-8-13/h5,7-11,14,27H,2-4,6H2,1H3,(H,23,24). The third-order valence-electron chi connectivity index (χ3n) is 5.25. The molecule has 0 radical (unpaired) electrons. The number of hydrogen-bond donors (Lipinski definition) is 2. The molecule has 2 unspecified atom stereocenters. The first-order valence-electron chi connectivity index (χ1n) is 9.09. The zero-order valence-electron chi connectivity index (χ0n) is 15.3. The lowest BCUT2D eigenvalue weighted by Gasteiger charge is -2.43. The molecule has 0 spiro atoms. The van der Waals surface area contributed by atoms with E-state index in [1.807, 2.05) is 23.3 Å². The number of aromatic nitrogens is 4. The summed E-state index contributed by atoms with van der Waals surface area (Å²) in [4.78, 5) is 24.1. The molecule has 2 N–H and O–H groups in total. The van der Waals surface area contributed by atoms with E-state index in [9.17, 15) is 9.90 Å². The van der Waals surface area contributed by atoms with E-state index in [0.717, 1.165) is 16.9 Å². The van der Waals surface area contributed by atoms with Crippen LogP contribution in [0.1, 0.15) is 42.2 Å². The lowest BCUT2D eigenvalue weighted by molar-refractivity contribution is -0.0473. The van der Waals surface area contributed by atoms with Crippen molar-refractivity contribution in [3.05, 3.63) is 52.6 Å². The molecule has 7 nitrogen and oxygen atoms in total. The largest absolute Gasteiger partial charge is 0.383 e. The number of H-pyrrole nitrogens is 1. The molecule has 1 saturated heterocycles. The molecule has 0 aliphatic carbocycles. The second-order valence-corrected chi connectivity index (χ2v) is 8.27. The van der Waals surface area contributed by atoms with E-state index in [0.29, 0.717) is 35.7 Å². The minimum Gasteiger partial charge on any atom is -0.383 e. The Morgan fingerprint density at radius 3 is 3.07 bits per heavy atom. The van der Waals surface area contributed by atoms with Crippen molar-refractivity contribution in [3.63, 3.8) is 0 Å². The summed E-state index contributed by atoms with van der Waals surface area (Å²) in [5, 5.41) is 20.2. The van der Waals surface area contributed by atoms with Gasteiger partial charge in [-0.3, -0.25) is 9.89 Å². The van der Waals surface area contributed by atoms with Gasteiger partial charge in [0.25, 0.3) is 5.91 Å². The molecule has 0 bridgehead atoms. The molecule has 1 aliphatic rings. The Balaban J connectivity index is 1.55. The summed E-state index contributed by atoms with van der Waals surface area (Å²) in [5.41, 5.74) is 0.897. The molecule has 0 saturated carbocycles. The van der Waals surface area contributed by atoms with Gasteiger partial charge in [-0.15, -0.1) is 11.3 Å². The van der Waals surface area contributed by atoms with Gasteiger partial charge in [-0.25, -0.2) is 9.97 Å². The molecule has 4 rings (SSSR count). The number of rotatable bonds is 4. The zero-order valence-corrected chi connectivity index (χ0v) is 16.9. The molecule has 1 amide bonds. The topological polar surface area (TPSA) is 95.0 Å². The number of carbonyl (C=O) groups excluding carboxylic acids is 1. The molecule has 9 heteroatoms. The number of piperidine rings is 1. The molecule has 0 aromatic carbocycles. The van der Waals surface area contributed by atoms with Crippen LogP contribution in [-0.2, 0) is 5.60 Å². The van der Waals surface area contributed by atoms with E-state index in [4.69, 9.17) is 11.6 Å². The van der Waals surface area contributed by atoms with Gasteiger partial charge in [-0.1, -0.05) is 18.5 Å². The Morgan fingerprint density at radius 1 is 1.50 bits per heavy atom. The normalized spacial score (nSPS) is 22.4. The van der Waals surface area contributed by atoms with E-state index in [1.54, 1.807) is 12.4 Å². The highest BCUT2D eigenvalue weighted by Crippen LogP contribution is 2.39. The fraction of sp³-hybridized carbons (Fsp3) is 0.368. The number of likely N-dealkylation sites (tertiary alicyclic amines) is 1. The van der Waals surface area contributed by atoms with Crippen molar-refractivity contribution in [2.75, 3.05) is 6.54 Å². The van der Waals surface area contributed by atoms with Crippen LogP contribution in [0, 0.1) is 0 Å². The summed E-state index contributed by atoms with van der Waals surface area (Å²) < 4.78 is 0. The van der Waals surface area contributed by atoms with Crippen LogP contribution in [-0.4, -0.2) is 48.7 Å². The van der Waals surface area contributed by atoms with Gasteiger partial charge in [0.05, 0.1) is 22.5 Å². The maximum atomic E-state index is 13.1. The van der Waals surface area contributed by atoms with Gasteiger partial charge < -0.3 is 10.0 Å². The smallest absolute Gasteiger partial charge is 0.254 e. The Bertz CT molecular complexity index is 976. The molecule has 3 aromatic heterocycles. The van der Waals surface area contributed by atoms with Crippen molar-refractivity contribution in [2.24, 2.45) is 0 Å². The van der Waals surface area contributed by atoms with Gasteiger partial charge in [-0.05, 0) is 18.9 Å². The van der Waals surface area contributed by atoms with Crippen molar-refractivity contribution < 1.29 is 9.90 Å². The highest BCUT2D eigenvalue weighted by molar-refractivity contribution is 7.13. The van der Waals surface area contributed by atoms with Gasteiger partial charge in [0.2, 0.25) is 0 Å². The van der Waals surface area contributed by atoms with E-state index in [2.05, 4.69) is 20.2 Å². The van der Waals surface area contributed by atoms with Crippen LogP contribution in [0.2, 0.25) is 5.02 Å². The van der Waals surface area contributed by atoms with Crippen LogP contribution < -0.4 is 0 Å². The van der Waals surface area contributed by atoms with E-state index >= 15 is 0 Å². The van der Waals surface area contributed by atoms with Crippen LogP contribution in [0.5, 0.6) is 0 Å². The highest BCUT2D eigenvalue weighted by Gasteiger charge is 2.43. The summed E-state index contributed by atoms with van der Waals surface area (Å²) in [5.74, 6) is -0.0197. The summed E-state index contributed by atoms with van der Waals surface area (Å²) in [6.45, 7) is 2.45. The van der Waals surface area contributed by atoms with Crippen molar-refractivity contribution in [2.45, 2.75) is 37.8 Å². The molecule has 1 aliphatic heterocycles. The molecule has 146 valence electrons. The second kappa shape index (κ2) is 7.62. The van der Waals surface area contributed by atoms with Gasteiger partial charge >= 0.3 is 0 Å². The number of carbonyl (C=O) groups is 1. The average Bonchev–Trinajstić information content (AvgIpc) is 3.39. The third-order valence-corrected chi connectivity index (χ3v) is 6.51. The van der Waals surface area contributed by atoms with Crippen molar-refractivity contribution in [1.29, 1.82) is 0 Å². The predicted molar refractivity (Wildman–Crippen MR) is 107 cm³/mol. The summed E-state index contributed by atoms with van der Waals surface area (Å²) >= 11 is 7.73. The number of nitrogens with one attached hydrogen (secondary N) is 1. The molecule has 4 heterocycles. The highest BCUT2D eigenvalue weighted by atomic mass is 35.5. The van der Waals surface area contributed by atoms with E-state index in [-0.39, 0.29) is 11.9 Å². The number of hydrogen-bond acceptors (Lipinski definition) is 6. The number of aliphatic hydroxyl groups is 1. The third kappa shape index (κ3) is 3.43. The molecule has 28 heavy (non-hydrogen) atoms. The zero-order chi connectivity index (χ0) is 19.7. The molecule has 3 aromatic rings. The van der Waals surface area contributed by atoms with Crippen LogP contribution in [0.4, 0.5) is 0 Å². The average molecular weight is 418 g/mol. The lowest BCUT2D eigenvalue weighted by atomic mass is 9.82. The minimum absolute atomic E-state index is 0.0197. The number of amides is 1. The molecular formula is C19H20ClN5O2S. The molecule has 1 fully saturated rings. The monoisotopic (exact) mass is 417 g/mol. The van der Waals surface area contributed by atoms with Gasteiger partial charge in [0, 0.05) is 47.2 Å². The number of nitrogens with zero attached hydrogens (tertiary/aromatic N) is 4. The van der Waals surface area contributed by atoms with Crippen molar-refractivity contribution >= 4 is 28.8 Å². The van der Waals surface area contributed by atoms with Crippen molar-refractivity contribution in [1.82, 2.24) is 25.1 Å².